The molecule has 0 atom stereocenters. The Bertz CT molecular complexity index is 1830. The molecule has 5 aromatic rings. The van der Waals surface area contributed by atoms with Gasteiger partial charge in [-0.2, -0.15) is 5.26 Å². The number of aromatic nitrogens is 1. The second-order valence-corrected chi connectivity index (χ2v) is 11.9. The highest BCUT2D eigenvalue weighted by Gasteiger charge is 2.20. The molecule has 0 radical (unpaired) electrons. The summed E-state index contributed by atoms with van der Waals surface area (Å²) in [5, 5.41) is 20.9. The second kappa shape index (κ2) is 10.8. The third kappa shape index (κ3) is 5.89. The Morgan fingerprint density at radius 3 is 2.46 bits per heavy atom. The molecule has 8 nitrogen and oxygen atoms in total. The number of allylic oxidation sites excluding steroid dienone is 1. The normalized spacial score (nSPS) is 11.8. The molecule has 0 saturated carbocycles. The van der Waals surface area contributed by atoms with Gasteiger partial charge in [-0.05, 0) is 66.9 Å². The van der Waals surface area contributed by atoms with Gasteiger partial charge in [0.25, 0.3) is 5.91 Å². The van der Waals surface area contributed by atoms with E-state index in [-0.39, 0.29) is 16.4 Å². The number of benzene rings is 2. The van der Waals surface area contributed by atoms with Crippen LogP contribution in [-0.4, -0.2) is 19.3 Å². The van der Waals surface area contributed by atoms with E-state index in [2.05, 4.69) is 11.4 Å². The van der Waals surface area contributed by atoms with Crippen molar-refractivity contribution in [3.05, 3.63) is 100 Å². The zero-order valence-corrected chi connectivity index (χ0v) is 22.9. The van der Waals surface area contributed by atoms with Gasteiger partial charge in [0.1, 0.15) is 33.3 Å². The van der Waals surface area contributed by atoms with E-state index in [1.54, 1.807) is 42.5 Å². The summed E-state index contributed by atoms with van der Waals surface area (Å²) in [4.78, 5) is 18.5. The van der Waals surface area contributed by atoms with Crippen LogP contribution in [-0.2, 0) is 10.0 Å². The van der Waals surface area contributed by atoms with Crippen LogP contribution in [0.3, 0.4) is 0 Å². The number of thiophene rings is 1. The largest absolute Gasteiger partial charge is 0.457 e. The van der Waals surface area contributed by atoms with Crippen molar-refractivity contribution in [3.63, 3.8) is 0 Å². The highest BCUT2D eigenvalue weighted by molar-refractivity contribution is 7.89. The topological polar surface area (TPSA) is 139 Å². The summed E-state index contributed by atoms with van der Waals surface area (Å²) in [6, 6.07) is 22.6. The van der Waals surface area contributed by atoms with Crippen molar-refractivity contribution < 1.29 is 17.6 Å². The molecule has 3 aromatic heterocycles. The number of thiazole rings is 1. The number of sulfonamides is 1. The Labute approximate surface area is 232 Å². The van der Waals surface area contributed by atoms with Gasteiger partial charge in [-0.1, -0.05) is 35.1 Å². The van der Waals surface area contributed by atoms with E-state index in [0.717, 1.165) is 10.4 Å². The van der Waals surface area contributed by atoms with Crippen molar-refractivity contribution in [1.82, 2.24) is 4.98 Å². The van der Waals surface area contributed by atoms with Crippen LogP contribution < -0.4 is 10.5 Å². The first-order chi connectivity index (χ1) is 18.7. The van der Waals surface area contributed by atoms with Crippen LogP contribution >= 0.6 is 22.7 Å². The van der Waals surface area contributed by atoms with Crippen molar-refractivity contribution in [3.8, 4) is 28.0 Å². The fraction of sp³-hybridized carbons (Fsp3) is 0.0357. The smallest absolute Gasteiger partial charge is 0.256 e. The van der Waals surface area contributed by atoms with Crippen LogP contribution in [0.2, 0.25) is 0 Å². The van der Waals surface area contributed by atoms with Crippen LogP contribution in [0, 0.1) is 18.3 Å². The lowest BCUT2D eigenvalue weighted by Crippen LogP contribution is -2.11. The van der Waals surface area contributed by atoms with E-state index in [1.165, 1.54) is 34.8 Å². The fourth-order valence-corrected chi connectivity index (χ4v) is 5.90. The Balaban J connectivity index is 1.45. The average molecular weight is 573 g/mol. The van der Waals surface area contributed by atoms with Gasteiger partial charge in [-0.15, -0.1) is 11.3 Å². The number of hydrogen-bond donors (Lipinski definition) is 2. The third-order valence-electron chi connectivity index (χ3n) is 5.65. The molecular weight excluding hydrogens is 553 g/mol. The summed E-state index contributed by atoms with van der Waals surface area (Å²) >= 11 is 2.69. The lowest BCUT2D eigenvalue weighted by molar-refractivity contribution is 0.102. The first-order valence-electron chi connectivity index (χ1n) is 11.5. The van der Waals surface area contributed by atoms with Crippen molar-refractivity contribution in [2.45, 2.75) is 11.8 Å². The average Bonchev–Trinajstić information content (AvgIpc) is 3.68. The summed E-state index contributed by atoms with van der Waals surface area (Å²) in [5.74, 6) is 0.633. The van der Waals surface area contributed by atoms with Crippen LogP contribution in [0.1, 0.15) is 26.7 Å². The summed E-state index contributed by atoms with van der Waals surface area (Å²) < 4.78 is 28.9. The van der Waals surface area contributed by atoms with Gasteiger partial charge in [-0.25, -0.2) is 18.5 Å². The number of nitrogens with one attached hydrogen (secondary N) is 1. The van der Waals surface area contributed by atoms with Crippen molar-refractivity contribution in [2.24, 2.45) is 5.14 Å². The maximum absolute atomic E-state index is 12.9. The molecule has 0 fully saturated rings. The molecule has 0 saturated heterocycles. The van der Waals surface area contributed by atoms with Gasteiger partial charge in [0.05, 0.1) is 15.3 Å². The maximum atomic E-state index is 12.9. The van der Waals surface area contributed by atoms with Crippen LogP contribution in [0.25, 0.3) is 33.5 Å². The monoisotopic (exact) mass is 572 g/mol. The van der Waals surface area contributed by atoms with Crippen LogP contribution in [0.5, 0.6) is 0 Å². The minimum Gasteiger partial charge on any atom is -0.457 e. The standard InChI is InChI=1S/C28H20N4O4S3/c1-17-4-6-19(7-5-17)26(33)32-28-25(24-3-2-14-37-24)31-27(38-28)20(16-29)15-21-10-13-23(36-21)18-8-11-22(12-9-18)39(30,34)35/h2-15H,1H3,(H,32,33)(H2,30,34,35)/b20-15+. The summed E-state index contributed by atoms with van der Waals surface area (Å²) in [6.45, 7) is 1.95. The molecule has 3 N–H and O–H groups in total. The summed E-state index contributed by atoms with van der Waals surface area (Å²) in [6.07, 6.45) is 1.57. The van der Waals surface area contributed by atoms with Gasteiger partial charge in [-0.3, -0.25) is 4.79 Å². The molecule has 11 heteroatoms. The zero-order valence-electron chi connectivity index (χ0n) is 20.4. The summed E-state index contributed by atoms with van der Waals surface area (Å²) in [5.41, 5.74) is 3.07. The van der Waals surface area contributed by atoms with E-state index in [4.69, 9.17) is 14.5 Å². The van der Waals surface area contributed by atoms with E-state index in [0.29, 0.717) is 38.4 Å². The maximum Gasteiger partial charge on any atom is 0.256 e. The number of hydrogen-bond acceptors (Lipinski definition) is 8. The number of aryl methyl sites for hydroxylation is 1. The third-order valence-corrected chi connectivity index (χ3v) is 8.46. The molecule has 3 heterocycles. The van der Waals surface area contributed by atoms with Gasteiger partial charge < -0.3 is 9.73 Å². The molecule has 0 bridgehead atoms. The second-order valence-electron chi connectivity index (χ2n) is 8.44. The molecule has 0 aliphatic carbocycles. The highest BCUT2D eigenvalue weighted by Crippen LogP contribution is 2.39. The molecule has 0 aliphatic heterocycles. The number of nitrogens with two attached hydrogens (primary N) is 1. The molecule has 1 amide bonds. The number of anilines is 1. The number of nitriles is 1. The molecule has 0 aliphatic rings. The molecule has 2 aromatic carbocycles. The van der Waals surface area contributed by atoms with Gasteiger partial charge in [0, 0.05) is 17.2 Å². The van der Waals surface area contributed by atoms with Crippen molar-refractivity contribution >= 4 is 55.3 Å². The minimum atomic E-state index is -3.80. The predicted molar refractivity (Wildman–Crippen MR) is 154 cm³/mol. The van der Waals surface area contributed by atoms with Crippen molar-refractivity contribution in [1.29, 1.82) is 5.26 Å². The quantitative estimate of drug-likeness (QED) is 0.216. The first-order valence-corrected chi connectivity index (χ1v) is 14.7. The SMILES string of the molecule is Cc1ccc(C(=O)Nc2sc(/C(C#N)=C/c3ccc(-c4ccc(S(N)(=O)=O)cc4)o3)nc2-c2cccs2)cc1. The molecule has 39 heavy (non-hydrogen) atoms. The number of carbonyl (C=O) groups is 1. The lowest BCUT2D eigenvalue weighted by atomic mass is 10.1. The zero-order chi connectivity index (χ0) is 27.6. The summed E-state index contributed by atoms with van der Waals surface area (Å²) in [7, 11) is -3.80. The molecule has 0 spiro atoms. The molecular formula is C28H20N4O4S3. The van der Waals surface area contributed by atoms with Gasteiger partial charge in [0.15, 0.2) is 0 Å². The van der Waals surface area contributed by atoms with Crippen molar-refractivity contribution in [2.75, 3.05) is 5.32 Å². The van der Waals surface area contributed by atoms with E-state index in [1.807, 2.05) is 36.6 Å². The Morgan fingerprint density at radius 1 is 1.08 bits per heavy atom. The van der Waals surface area contributed by atoms with Gasteiger partial charge >= 0.3 is 0 Å². The predicted octanol–water partition coefficient (Wildman–Crippen LogP) is 6.40. The highest BCUT2D eigenvalue weighted by atomic mass is 32.2. The van der Waals surface area contributed by atoms with E-state index >= 15 is 0 Å². The van der Waals surface area contributed by atoms with E-state index < -0.39 is 10.0 Å². The molecule has 5 rings (SSSR count). The number of nitrogens with zero attached hydrogens (tertiary/aromatic N) is 2. The number of rotatable bonds is 7. The van der Waals surface area contributed by atoms with E-state index in [9.17, 15) is 18.5 Å². The fourth-order valence-electron chi connectivity index (χ4n) is 3.66. The first kappa shape index (κ1) is 26.3. The number of primary sulfonamides is 1. The molecule has 0 unspecified atom stereocenters. The number of amides is 1. The number of carbonyl (C=O) groups excluding carboxylic acids is 1. The van der Waals surface area contributed by atoms with Crippen LogP contribution in [0.4, 0.5) is 5.00 Å². The Kier molecular flexibility index (Phi) is 7.28. The Hall–Kier alpha value is -4.34. The Morgan fingerprint density at radius 2 is 1.82 bits per heavy atom. The van der Waals surface area contributed by atoms with Gasteiger partial charge in [0.2, 0.25) is 10.0 Å². The minimum absolute atomic E-state index is 0.000260. The van der Waals surface area contributed by atoms with Crippen LogP contribution in [0.15, 0.2) is 87.5 Å². The number of furan rings is 1. The molecule has 194 valence electrons. The lowest BCUT2D eigenvalue weighted by Gasteiger charge is -2.04.